The second-order valence-electron chi connectivity index (χ2n) is 6.99. The highest BCUT2D eigenvalue weighted by Crippen LogP contribution is 2.27. The first-order valence-electron chi connectivity index (χ1n) is 9.77. The number of rotatable bonds is 7. The number of ether oxygens (including phenoxy) is 2. The molecule has 0 radical (unpaired) electrons. The van der Waals surface area contributed by atoms with Crippen LogP contribution in [-0.4, -0.2) is 36.1 Å². The molecular weight excluding hydrogens is 356 g/mol. The minimum Gasteiger partial charge on any atom is -0.493 e. The summed E-state index contributed by atoms with van der Waals surface area (Å²) in [5, 5.41) is 6.29. The molecule has 1 aromatic carbocycles. The van der Waals surface area contributed by atoms with E-state index in [4.69, 9.17) is 9.47 Å². The zero-order valence-electron chi connectivity index (χ0n) is 16.5. The number of hydrogen-bond donors (Lipinski definition) is 2. The average Bonchev–Trinajstić information content (AvgIpc) is 3.01. The fourth-order valence-corrected chi connectivity index (χ4v) is 3.40. The van der Waals surface area contributed by atoms with E-state index in [-0.39, 0.29) is 11.9 Å². The highest BCUT2D eigenvalue weighted by Gasteiger charge is 2.16. The van der Waals surface area contributed by atoms with E-state index in [1.54, 1.807) is 20.4 Å². The van der Waals surface area contributed by atoms with Crippen molar-refractivity contribution in [1.29, 1.82) is 0 Å². The predicted octanol–water partition coefficient (Wildman–Crippen LogP) is 3.56. The number of carbonyl (C=O) groups is 1. The molecule has 3 rings (SSSR count). The molecule has 0 atom stereocenters. The van der Waals surface area contributed by atoms with Gasteiger partial charge in [0.15, 0.2) is 11.5 Å². The number of carbonyl (C=O) groups excluding carboxylic acids is 1. The SMILES string of the molecule is COc1ccc(CNc2cnc(C(=O)NC3CCCCCC3)cn2)cc1OC. The molecule has 0 saturated heterocycles. The van der Waals surface area contributed by atoms with Crippen LogP contribution in [0.2, 0.25) is 0 Å². The van der Waals surface area contributed by atoms with Gasteiger partial charge in [0.2, 0.25) is 0 Å². The summed E-state index contributed by atoms with van der Waals surface area (Å²) in [6, 6.07) is 5.98. The van der Waals surface area contributed by atoms with Gasteiger partial charge in [-0.15, -0.1) is 0 Å². The van der Waals surface area contributed by atoms with Gasteiger partial charge in [0.1, 0.15) is 11.5 Å². The van der Waals surface area contributed by atoms with Crippen LogP contribution < -0.4 is 20.1 Å². The quantitative estimate of drug-likeness (QED) is 0.710. The Morgan fingerprint density at radius 2 is 1.79 bits per heavy atom. The van der Waals surface area contributed by atoms with Crippen molar-refractivity contribution in [3.05, 3.63) is 41.9 Å². The summed E-state index contributed by atoms with van der Waals surface area (Å²) in [6.07, 6.45) is 10.1. The zero-order chi connectivity index (χ0) is 19.8. The van der Waals surface area contributed by atoms with Crippen LogP contribution in [0.1, 0.15) is 54.6 Å². The van der Waals surface area contributed by atoms with Crippen molar-refractivity contribution in [1.82, 2.24) is 15.3 Å². The summed E-state index contributed by atoms with van der Waals surface area (Å²) >= 11 is 0. The fraction of sp³-hybridized carbons (Fsp3) is 0.476. The molecule has 1 aromatic heterocycles. The highest BCUT2D eigenvalue weighted by molar-refractivity contribution is 5.92. The Balaban J connectivity index is 1.54. The lowest BCUT2D eigenvalue weighted by atomic mass is 10.1. The molecule has 28 heavy (non-hydrogen) atoms. The number of amides is 1. The molecule has 0 unspecified atom stereocenters. The van der Waals surface area contributed by atoms with Gasteiger partial charge in [0, 0.05) is 12.6 Å². The molecule has 0 aliphatic heterocycles. The number of benzene rings is 1. The maximum absolute atomic E-state index is 12.4. The van der Waals surface area contributed by atoms with Crippen LogP contribution in [0.15, 0.2) is 30.6 Å². The number of anilines is 1. The molecule has 2 N–H and O–H groups in total. The van der Waals surface area contributed by atoms with Crippen LogP contribution in [0, 0.1) is 0 Å². The lowest BCUT2D eigenvalue weighted by Gasteiger charge is -2.15. The molecule has 2 aromatic rings. The van der Waals surface area contributed by atoms with Gasteiger partial charge < -0.3 is 20.1 Å². The lowest BCUT2D eigenvalue weighted by Crippen LogP contribution is -2.34. The molecule has 0 bridgehead atoms. The predicted molar refractivity (Wildman–Crippen MR) is 108 cm³/mol. The van der Waals surface area contributed by atoms with Gasteiger partial charge in [0.05, 0.1) is 26.6 Å². The monoisotopic (exact) mass is 384 g/mol. The van der Waals surface area contributed by atoms with Gasteiger partial charge >= 0.3 is 0 Å². The van der Waals surface area contributed by atoms with Crippen LogP contribution in [0.25, 0.3) is 0 Å². The van der Waals surface area contributed by atoms with E-state index in [0.717, 1.165) is 18.4 Å². The van der Waals surface area contributed by atoms with Crippen LogP contribution in [0.4, 0.5) is 5.82 Å². The van der Waals surface area contributed by atoms with E-state index in [1.807, 2.05) is 18.2 Å². The molecule has 1 aliphatic rings. The van der Waals surface area contributed by atoms with Crippen molar-refractivity contribution in [3.8, 4) is 11.5 Å². The number of nitrogens with zero attached hydrogens (tertiary/aromatic N) is 2. The van der Waals surface area contributed by atoms with Crippen molar-refractivity contribution < 1.29 is 14.3 Å². The Labute approximate surface area is 165 Å². The largest absolute Gasteiger partial charge is 0.493 e. The fourth-order valence-electron chi connectivity index (χ4n) is 3.40. The molecule has 1 amide bonds. The van der Waals surface area contributed by atoms with Gasteiger partial charge in [-0.3, -0.25) is 4.79 Å². The second kappa shape index (κ2) is 9.92. The topological polar surface area (TPSA) is 85.4 Å². The maximum Gasteiger partial charge on any atom is 0.271 e. The summed E-state index contributed by atoms with van der Waals surface area (Å²) in [5.41, 5.74) is 1.37. The molecular formula is C21H28N4O3. The van der Waals surface area contributed by atoms with Crippen molar-refractivity contribution in [2.45, 2.75) is 51.1 Å². The standard InChI is InChI=1S/C21H28N4O3/c1-27-18-10-9-15(11-19(18)28-2)12-23-20-14-22-17(13-24-20)21(26)25-16-7-5-3-4-6-8-16/h9-11,13-14,16H,3-8,12H2,1-2H3,(H,23,24)(H,25,26). The Hall–Kier alpha value is -2.83. The van der Waals surface area contributed by atoms with Crippen molar-refractivity contribution >= 4 is 11.7 Å². The Kier molecular flexibility index (Phi) is 7.06. The normalized spacial score (nSPS) is 14.8. The minimum atomic E-state index is -0.147. The summed E-state index contributed by atoms with van der Waals surface area (Å²) in [4.78, 5) is 21.0. The summed E-state index contributed by atoms with van der Waals surface area (Å²) in [5.74, 6) is 1.83. The summed E-state index contributed by atoms with van der Waals surface area (Å²) in [6.45, 7) is 0.558. The van der Waals surface area contributed by atoms with Crippen molar-refractivity contribution in [3.63, 3.8) is 0 Å². The molecule has 1 heterocycles. The number of nitrogens with one attached hydrogen (secondary N) is 2. The maximum atomic E-state index is 12.4. The Morgan fingerprint density at radius 1 is 1.04 bits per heavy atom. The van der Waals surface area contributed by atoms with Gasteiger partial charge in [-0.1, -0.05) is 31.7 Å². The third-order valence-electron chi connectivity index (χ3n) is 5.00. The van der Waals surface area contributed by atoms with Gasteiger partial charge in [-0.05, 0) is 30.5 Å². The van der Waals surface area contributed by atoms with Crippen molar-refractivity contribution in [2.24, 2.45) is 0 Å². The van der Waals surface area contributed by atoms with Crippen LogP contribution >= 0.6 is 0 Å². The smallest absolute Gasteiger partial charge is 0.271 e. The van der Waals surface area contributed by atoms with Crippen LogP contribution in [0.5, 0.6) is 11.5 Å². The first-order chi connectivity index (χ1) is 13.7. The van der Waals surface area contributed by atoms with Gasteiger partial charge in [0.25, 0.3) is 5.91 Å². The summed E-state index contributed by atoms with van der Waals surface area (Å²) < 4.78 is 10.6. The van der Waals surface area contributed by atoms with Crippen LogP contribution in [0.3, 0.4) is 0 Å². The summed E-state index contributed by atoms with van der Waals surface area (Å²) in [7, 11) is 3.22. The highest BCUT2D eigenvalue weighted by atomic mass is 16.5. The zero-order valence-corrected chi connectivity index (χ0v) is 16.5. The molecule has 1 aliphatic carbocycles. The van der Waals surface area contributed by atoms with Crippen LogP contribution in [-0.2, 0) is 6.54 Å². The minimum absolute atomic E-state index is 0.147. The van der Waals surface area contributed by atoms with Gasteiger partial charge in [-0.2, -0.15) is 0 Å². The van der Waals surface area contributed by atoms with E-state index in [0.29, 0.717) is 29.6 Å². The van der Waals surface area contributed by atoms with Gasteiger partial charge in [-0.25, -0.2) is 9.97 Å². The number of methoxy groups -OCH3 is 2. The molecule has 0 spiro atoms. The third-order valence-corrected chi connectivity index (χ3v) is 5.00. The van der Waals surface area contributed by atoms with E-state index in [2.05, 4.69) is 20.6 Å². The Bertz CT molecular complexity index is 772. The molecule has 150 valence electrons. The molecule has 7 heteroatoms. The first-order valence-corrected chi connectivity index (χ1v) is 9.77. The lowest BCUT2D eigenvalue weighted by molar-refractivity contribution is 0.0928. The van der Waals surface area contributed by atoms with E-state index >= 15 is 0 Å². The first kappa shape index (κ1) is 19.9. The Morgan fingerprint density at radius 3 is 2.43 bits per heavy atom. The molecule has 7 nitrogen and oxygen atoms in total. The second-order valence-corrected chi connectivity index (χ2v) is 6.99. The average molecular weight is 384 g/mol. The number of hydrogen-bond acceptors (Lipinski definition) is 6. The molecule has 1 fully saturated rings. The van der Waals surface area contributed by atoms with E-state index < -0.39 is 0 Å². The van der Waals surface area contributed by atoms with E-state index in [9.17, 15) is 4.79 Å². The van der Waals surface area contributed by atoms with Crippen molar-refractivity contribution in [2.75, 3.05) is 19.5 Å². The third kappa shape index (κ3) is 5.34. The number of aromatic nitrogens is 2. The van der Waals surface area contributed by atoms with E-state index in [1.165, 1.54) is 31.9 Å². The molecule has 1 saturated carbocycles.